The van der Waals surface area contributed by atoms with Crippen LogP contribution in [-0.4, -0.2) is 22.2 Å². The number of hydrogen-bond acceptors (Lipinski definition) is 3. The molecule has 0 aliphatic heterocycles. The van der Waals surface area contributed by atoms with Crippen molar-refractivity contribution >= 4 is 29.0 Å². The van der Waals surface area contributed by atoms with Gasteiger partial charge < -0.3 is 0 Å². The fourth-order valence-corrected chi connectivity index (χ4v) is 5.35. The highest BCUT2D eigenvalue weighted by Crippen LogP contribution is 2.43. The molecule has 0 spiro atoms. The number of benzene rings is 2. The number of fused-ring (bicyclic) bond motifs is 2. The number of hydrogen-bond donors (Lipinski definition) is 1. The normalized spacial score (nSPS) is 21.4. The number of allylic oxidation sites excluding steroid dienone is 2. The van der Waals surface area contributed by atoms with Gasteiger partial charge in [-0.15, -0.1) is 0 Å². The summed E-state index contributed by atoms with van der Waals surface area (Å²) in [6.07, 6.45) is 9.07. The summed E-state index contributed by atoms with van der Waals surface area (Å²) < 4.78 is 1.82. The lowest BCUT2D eigenvalue weighted by molar-refractivity contribution is 0.460. The molecular weight excluding hydrogens is 453 g/mol. The summed E-state index contributed by atoms with van der Waals surface area (Å²) in [6, 6.07) is 15.2. The number of nitriles is 1. The number of nitrogens with zero attached hydrogens (tertiary/aromatic N) is 4. The maximum atomic E-state index is 9.45. The second-order valence-corrected chi connectivity index (χ2v) is 9.50. The van der Waals surface area contributed by atoms with Crippen LogP contribution in [0.2, 0.25) is 10.0 Å². The molecule has 0 amide bonds. The van der Waals surface area contributed by atoms with Crippen molar-refractivity contribution in [1.29, 1.82) is 5.26 Å². The molecule has 0 saturated heterocycles. The summed E-state index contributed by atoms with van der Waals surface area (Å²) in [5.41, 5.74) is 4.13. The van der Waals surface area contributed by atoms with Crippen LogP contribution in [0, 0.1) is 36.1 Å². The summed E-state index contributed by atoms with van der Waals surface area (Å²) in [4.78, 5) is 4.84. The van der Waals surface area contributed by atoms with E-state index in [1.165, 1.54) is 6.42 Å². The van der Waals surface area contributed by atoms with Crippen molar-refractivity contribution in [1.82, 2.24) is 15.1 Å². The highest BCUT2D eigenvalue weighted by molar-refractivity contribution is 6.32. The molecule has 166 valence electrons. The molecule has 3 atom stereocenters. The van der Waals surface area contributed by atoms with E-state index in [4.69, 9.17) is 33.3 Å². The van der Waals surface area contributed by atoms with Crippen LogP contribution < -0.4 is 5.32 Å². The van der Waals surface area contributed by atoms with Gasteiger partial charge in [-0.25, -0.2) is 4.68 Å². The minimum Gasteiger partial charge on any atom is -0.275 e. The lowest BCUT2D eigenvalue weighted by Gasteiger charge is -2.15. The van der Waals surface area contributed by atoms with Crippen LogP contribution in [0.15, 0.2) is 65.7 Å². The Kier molecular flexibility index (Phi) is 5.97. The number of aromatic nitrogens is 2. The molecule has 1 N–H and O–H groups in total. The van der Waals surface area contributed by atoms with E-state index in [2.05, 4.69) is 17.5 Å². The molecule has 0 unspecified atom stereocenters. The fourth-order valence-electron chi connectivity index (χ4n) is 5.00. The highest BCUT2D eigenvalue weighted by atomic mass is 35.5. The van der Waals surface area contributed by atoms with Gasteiger partial charge in [0.05, 0.1) is 16.4 Å². The first kappa shape index (κ1) is 21.8. The quantitative estimate of drug-likeness (QED) is 0.157. The first-order valence-electron chi connectivity index (χ1n) is 11.0. The van der Waals surface area contributed by atoms with Gasteiger partial charge in [0, 0.05) is 22.7 Å². The van der Waals surface area contributed by atoms with E-state index < -0.39 is 0 Å². The van der Waals surface area contributed by atoms with Crippen LogP contribution in [-0.2, 0) is 0 Å². The van der Waals surface area contributed by atoms with Crippen LogP contribution in [0.1, 0.15) is 24.1 Å². The summed E-state index contributed by atoms with van der Waals surface area (Å²) >= 11 is 12.7. The lowest BCUT2D eigenvalue weighted by atomic mass is 9.94. The van der Waals surface area contributed by atoms with Gasteiger partial charge in [-0.1, -0.05) is 59.6 Å². The second kappa shape index (κ2) is 9.05. The molecule has 7 heteroatoms. The standard InChI is InChI=1S/C26H23Cl2N5/c1-16-24(26(31-15-29)30-14-20-13-17-6-7-19(20)12-17)32-33(23-5-3-2-4-22(23)28)25(16)18-8-10-21(27)11-9-18/h2-11,17,19-20H,12-14H2,1H3,(H,30,31)/t17-,19+,20-/m0/s1. The van der Waals surface area contributed by atoms with Crippen LogP contribution in [0.25, 0.3) is 16.9 Å². The topological polar surface area (TPSA) is 66.0 Å². The first-order chi connectivity index (χ1) is 16.0. The third kappa shape index (κ3) is 4.17. The SMILES string of the molecule is Cc1c(C(=NC[C@@H]2C[C@H]3C=C[C@@H]2C3)NC#N)nn(-c2ccccc2Cl)c1-c1ccc(Cl)cc1. The molecule has 2 aromatic carbocycles. The van der Waals surface area contributed by atoms with Gasteiger partial charge in [-0.2, -0.15) is 10.4 Å². The van der Waals surface area contributed by atoms with Gasteiger partial charge >= 0.3 is 0 Å². The van der Waals surface area contributed by atoms with Crippen molar-refractivity contribution < 1.29 is 0 Å². The van der Waals surface area contributed by atoms with Gasteiger partial charge in [0.2, 0.25) is 0 Å². The van der Waals surface area contributed by atoms with Gasteiger partial charge in [0.25, 0.3) is 0 Å². The highest BCUT2D eigenvalue weighted by Gasteiger charge is 2.35. The molecule has 33 heavy (non-hydrogen) atoms. The Morgan fingerprint density at radius 3 is 2.61 bits per heavy atom. The monoisotopic (exact) mass is 475 g/mol. The molecule has 2 aliphatic rings. The Balaban J connectivity index is 1.60. The van der Waals surface area contributed by atoms with Gasteiger partial charge in [0.1, 0.15) is 5.69 Å². The van der Waals surface area contributed by atoms with Crippen molar-refractivity contribution in [3.05, 3.63) is 82.0 Å². The third-order valence-corrected chi connectivity index (χ3v) is 7.19. The smallest absolute Gasteiger partial charge is 0.182 e. The van der Waals surface area contributed by atoms with Crippen molar-refractivity contribution in [2.24, 2.45) is 22.7 Å². The molecule has 1 heterocycles. The van der Waals surface area contributed by atoms with Crippen LogP contribution in [0.4, 0.5) is 0 Å². The van der Waals surface area contributed by atoms with Crippen molar-refractivity contribution in [2.75, 3.05) is 6.54 Å². The first-order valence-corrected chi connectivity index (χ1v) is 11.8. The zero-order valence-electron chi connectivity index (χ0n) is 18.2. The molecule has 2 bridgehead atoms. The predicted molar refractivity (Wildman–Crippen MR) is 133 cm³/mol. The van der Waals surface area contributed by atoms with Crippen molar-refractivity contribution in [3.8, 4) is 23.1 Å². The van der Waals surface area contributed by atoms with E-state index in [-0.39, 0.29) is 0 Å². The Bertz CT molecular complexity index is 1280. The van der Waals surface area contributed by atoms with Gasteiger partial charge in [-0.3, -0.25) is 10.3 Å². The Morgan fingerprint density at radius 2 is 1.94 bits per heavy atom. The molecule has 1 fully saturated rings. The molecule has 5 nitrogen and oxygen atoms in total. The number of aliphatic imine (C=N–C) groups is 1. The van der Waals surface area contributed by atoms with E-state index in [1.54, 1.807) is 0 Å². The second-order valence-electron chi connectivity index (χ2n) is 8.66. The average molecular weight is 476 g/mol. The maximum absolute atomic E-state index is 9.45. The Labute approximate surface area is 203 Å². The summed E-state index contributed by atoms with van der Waals surface area (Å²) in [5, 5.41) is 18.4. The third-order valence-electron chi connectivity index (χ3n) is 6.62. The zero-order valence-corrected chi connectivity index (χ0v) is 19.7. The van der Waals surface area contributed by atoms with Crippen LogP contribution in [0.5, 0.6) is 0 Å². The lowest BCUT2D eigenvalue weighted by Crippen LogP contribution is -2.23. The van der Waals surface area contributed by atoms with Gasteiger partial charge in [-0.05, 0) is 61.8 Å². The molecule has 0 radical (unpaired) electrons. The summed E-state index contributed by atoms with van der Waals surface area (Å²) in [5.74, 6) is 2.27. The number of rotatable bonds is 5. The molecule has 1 aromatic heterocycles. The minimum absolute atomic E-state index is 0.489. The zero-order chi connectivity index (χ0) is 22.9. The van der Waals surface area contributed by atoms with Crippen molar-refractivity contribution in [2.45, 2.75) is 19.8 Å². The number of nitrogens with one attached hydrogen (secondary N) is 1. The fraction of sp³-hybridized carbons (Fsp3) is 0.269. The molecule has 1 saturated carbocycles. The van der Waals surface area contributed by atoms with E-state index in [0.717, 1.165) is 28.9 Å². The maximum Gasteiger partial charge on any atom is 0.182 e. The predicted octanol–water partition coefficient (Wildman–Crippen LogP) is 6.18. The summed E-state index contributed by atoms with van der Waals surface area (Å²) in [7, 11) is 0. The van der Waals surface area contributed by atoms with Crippen LogP contribution in [0.3, 0.4) is 0 Å². The van der Waals surface area contributed by atoms with Crippen molar-refractivity contribution in [3.63, 3.8) is 0 Å². The van der Waals surface area contributed by atoms with E-state index >= 15 is 0 Å². The Morgan fingerprint density at radius 1 is 1.15 bits per heavy atom. The molecular formula is C26H23Cl2N5. The number of amidine groups is 1. The molecule has 5 rings (SSSR count). The number of para-hydroxylation sites is 1. The minimum atomic E-state index is 0.489. The Hall–Kier alpha value is -3.07. The number of halogens is 2. The van der Waals surface area contributed by atoms with Gasteiger partial charge in [0.15, 0.2) is 12.0 Å². The van der Waals surface area contributed by atoms with E-state index in [0.29, 0.717) is 45.9 Å². The van der Waals surface area contributed by atoms with E-state index in [1.807, 2.05) is 66.3 Å². The largest absolute Gasteiger partial charge is 0.275 e. The summed E-state index contributed by atoms with van der Waals surface area (Å²) in [6.45, 7) is 2.67. The molecule has 3 aromatic rings. The van der Waals surface area contributed by atoms with Crippen LogP contribution >= 0.6 is 23.2 Å². The van der Waals surface area contributed by atoms with E-state index in [9.17, 15) is 5.26 Å². The molecule has 2 aliphatic carbocycles. The average Bonchev–Trinajstić information content (AvgIpc) is 3.52.